The molecule has 2 saturated heterocycles. The Kier molecular flexibility index (Phi) is 4.29. The molecule has 0 radical (unpaired) electrons. The summed E-state index contributed by atoms with van der Waals surface area (Å²) in [6.45, 7) is 3.62. The Morgan fingerprint density at radius 3 is 2.59 bits per heavy atom. The number of nitrogens with zero attached hydrogens (tertiary/aromatic N) is 4. The lowest BCUT2D eigenvalue weighted by atomic mass is 10.1. The molecule has 3 amide bonds. The maximum absolute atomic E-state index is 14.2. The van der Waals surface area contributed by atoms with E-state index in [0.717, 1.165) is 0 Å². The van der Waals surface area contributed by atoms with Crippen LogP contribution in [0.3, 0.4) is 0 Å². The second-order valence-corrected chi connectivity index (χ2v) is 6.95. The number of nitrogens with one attached hydrogen (secondary N) is 1. The molecule has 1 atom stereocenters. The van der Waals surface area contributed by atoms with Gasteiger partial charge in [0.2, 0.25) is 17.7 Å². The van der Waals surface area contributed by atoms with Crippen LogP contribution in [0.25, 0.3) is 10.9 Å². The number of piperazine rings is 1. The lowest BCUT2D eigenvalue weighted by molar-refractivity contribution is -0.141. The van der Waals surface area contributed by atoms with Crippen LogP contribution in [0.2, 0.25) is 0 Å². The van der Waals surface area contributed by atoms with Gasteiger partial charge in [-0.2, -0.15) is 5.10 Å². The van der Waals surface area contributed by atoms with E-state index in [0.29, 0.717) is 31.7 Å². The normalized spacial score (nSPS) is 20.6. The van der Waals surface area contributed by atoms with E-state index in [1.54, 1.807) is 21.9 Å². The average molecular weight is 373 g/mol. The number of carbonyl (C=O) groups is 3. The van der Waals surface area contributed by atoms with Gasteiger partial charge in [0, 0.05) is 46.1 Å². The molecule has 2 aliphatic rings. The zero-order chi connectivity index (χ0) is 19.1. The molecule has 0 aliphatic carbocycles. The van der Waals surface area contributed by atoms with Gasteiger partial charge < -0.3 is 9.80 Å². The molecule has 1 N–H and O–H groups in total. The highest BCUT2D eigenvalue weighted by molar-refractivity contribution is 6.05. The van der Waals surface area contributed by atoms with E-state index in [4.69, 9.17) is 0 Å². The van der Waals surface area contributed by atoms with E-state index < -0.39 is 11.7 Å². The second-order valence-electron chi connectivity index (χ2n) is 6.95. The van der Waals surface area contributed by atoms with Crippen LogP contribution in [-0.4, -0.2) is 70.4 Å². The van der Waals surface area contributed by atoms with Gasteiger partial charge in [0.25, 0.3) is 0 Å². The summed E-state index contributed by atoms with van der Waals surface area (Å²) in [4.78, 5) is 41.5. The lowest BCUT2D eigenvalue weighted by Gasteiger charge is -2.35. The molecule has 3 heterocycles. The molecule has 0 saturated carbocycles. The first-order valence-electron chi connectivity index (χ1n) is 8.93. The fraction of sp³-hybridized carbons (Fsp3) is 0.444. The fourth-order valence-electron chi connectivity index (χ4n) is 3.79. The zero-order valence-corrected chi connectivity index (χ0v) is 14.9. The molecule has 142 valence electrons. The summed E-state index contributed by atoms with van der Waals surface area (Å²) in [5.74, 6) is -1.07. The zero-order valence-electron chi connectivity index (χ0n) is 14.9. The molecular formula is C18H20FN5O3. The Hall–Kier alpha value is -2.97. The highest BCUT2D eigenvalue weighted by Gasteiger charge is 2.39. The number of fused-ring (bicyclic) bond motifs is 1. The number of carbonyl (C=O) groups excluding carboxylic acids is 3. The highest BCUT2D eigenvalue weighted by atomic mass is 19.1. The van der Waals surface area contributed by atoms with Gasteiger partial charge in [-0.15, -0.1) is 0 Å². The van der Waals surface area contributed by atoms with Crippen LogP contribution in [0, 0.1) is 11.7 Å². The summed E-state index contributed by atoms with van der Waals surface area (Å²) in [6, 6.07) is 4.57. The van der Waals surface area contributed by atoms with Crippen molar-refractivity contribution in [3.63, 3.8) is 0 Å². The van der Waals surface area contributed by atoms with Crippen molar-refractivity contribution in [1.82, 2.24) is 20.0 Å². The quantitative estimate of drug-likeness (QED) is 0.841. The van der Waals surface area contributed by atoms with Crippen molar-refractivity contribution in [2.75, 3.05) is 37.6 Å². The third-order valence-corrected chi connectivity index (χ3v) is 5.29. The van der Waals surface area contributed by atoms with E-state index >= 15 is 0 Å². The smallest absolute Gasteiger partial charge is 0.229 e. The second kappa shape index (κ2) is 6.64. The van der Waals surface area contributed by atoms with Gasteiger partial charge in [-0.05, 0) is 12.1 Å². The van der Waals surface area contributed by atoms with Gasteiger partial charge in [-0.3, -0.25) is 24.4 Å². The average Bonchev–Trinajstić information content (AvgIpc) is 3.25. The van der Waals surface area contributed by atoms with Crippen molar-refractivity contribution in [2.45, 2.75) is 13.3 Å². The Balaban J connectivity index is 1.49. The van der Waals surface area contributed by atoms with Crippen LogP contribution in [0.1, 0.15) is 13.3 Å². The van der Waals surface area contributed by atoms with E-state index in [1.165, 1.54) is 17.9 Å². The van der Waals surface area contributed by atoms with Gasteiger partial charge in [0.15, 0.2) is 5.82 Å². The Morgan fingerprint density at radius 1 is 1.19 bits per heavy atom. The molecule has 2 fully saturated rings. The predicted octanol–water partition coefficient (Wildman–Crippen LogP) is 0.746. The summed E-state index contributed by atoms with van der Waals surface area (Å²) in [5, 5.41) is 7.09. The molecule has 2 aliphatic heterocycles. The number of H-pyrrole nitrogens is 1. The first kappa shape index (κ1) is 17.4. The van der Waals surface area contributed by atoms with Crippen LogP contribution in [0.4, 0.5) is 10.2 Å². The largest absolute Gasteiger partial charge is 0.339 e. The maximum atomic E-state index is 14.2. The number of anilines is 1. The summed E-state index contributed by atoms with van der Waals surface area (Å²) < 4.78 is 14.2. The minimum atomic E-state index is -0.486. The molecule has 27 heavy (non-hydrogen) atoms. The fourth-order valence-corrected chi connectivity index (χ4v) is 3.79. The van der Waals surface area contributed by atoms with Gasteiger partial charge >= 0.3 is 0 Å². The van der Waals surface area contributed by atoms with Crippen LogP contribution >= 0.6 is 0 Å². The molecule has 9 heteroatoms. The minimum absolute atomic E-state index is 0.00300. The van der Waals surface area contributed by atoms with Crippen LogP contribution in [0.15, 0.2) is 18.2 Å². The number of aromatic amines is 1. The highest BCUT2D eigenvalue weighted by Crippen LogP contribution is 2.32. The predicted molar refractivity (Wildman–Crippen MR) is 95.3 cm³/mol. The topological polar surface area (TPSA) is 89.6 Å². The van der Waals surface area contributed by atoms with E-state index in [-0.39, 0.29) is 41.9 Å². The number of benzene rings is 1. The van der Waals surface area contributed by atoms with Crippen LogP contribution in [0.5, 0.6) is 0 Å². The van der Waals surface area contributed by atoms with Crippen molar-refractivity contribution in [1.29, 1.82) is 0 Å². The van der Waals surface area contributed by atoms with Gasteiger partial charge in [0.05, 0.1) is 16.8 Å². The van der Waals surface area contributed by atoms with E-state index in [2.05, 4.69) is 10.2 Å². The molecule has 1 aromatic carbocycles. The molecule has 1 aromatic heterocycles. The molecular weight excluding hydrogens is 353 g/mol. The van der Waals surface area contributed by atoms with E-state index in [1.807, 2.05) is 0 Å². The van der Waals surface area contributed by atoms with E-state index in [9.17, 15) is 18.8 Å². The van der Waals surface area contributed by atoms with Gasteiger partial charge in [0.1, 0.15) is 5.82 Å². The van der Waals surface area contributed by atoms with Crippen LogP contribution in [-0.2, 0) is 14.4 Å². The first-order chi connectivity index (χ1) is 13.0. The number of halogens is 1. The summed E-state index contributed by atoms with van der Waals surface area (Å²) in [7, 11) is 0. The van der Waals surface area contributed by atoms with Crippen molar-refractivity contribution in [3.8, 4) is 0 Å². The molecule has 0 bridgehead atoms. The third-order valence-electron chi connectivity index (χ3n) is 5.29. The number of rotatable bonds is 2. The molecule has 1 unspecified atom stereocenters. The number of amides is 3. The first-order valence-corrected chi connectivity index (χ1v) is 8.93. The molecule has 4 rings (SSSR count). The SMILES string of the molecule is CC(=O)N1CCN(C(=O)C2CC(=O)N(c3n[nH]c4cccc(F)c34)C2)CC1. The molecule has 8 nitrogen and oxygen atoms in total. The van der Waals surface area contributed by atoms with Crippen molar-refractivity contribution in [2.24, 2.45) is 5.92 Å². The van der Waals surface area contributed by atoms with Gasteiger partial charge in [-0.25, -0.2) is 4.39 Å². The summed E-state index contributed by atoms with van der Waals surface area (Å²) >= 11 is 0. The lowest BCUT2D eigenvalue weighted by Crippen LogP contribution is -2.51. The third kappa shape index (κ3) is 3.02. The summed E-state index contributed by atoms with van der Waals surface area (Å²) in [6.07, 6.45) is 0.0779. The van der Waals surface area contributed by atoms with Crippen molar-refractivity contribution in [3.05, 3.63) is 24.0 Å². The Bertz CT molecular complexity index is 919. The standard InChI is InChI=1S/C18H20FN5O3/c1-11(25)22-5-7-23(8-6-22)18(27)12-9-15(26)24(10-12)17-16-13(19)3-2-4-14(16)20-21-17/h2-4,12H,5-10H2,1H3,(H,20,21). The van der Waals surface area contributed by atoms with Crippen molar-refractivity contribution < 1.29 is 18.8 Å². The Labute approximate surface area is 154 Å². The molecule has 0 spiro atoms. The number of hydrogen-bond donors (Lipinski definition) is 1. The minimum Gasteiger partial charge on any atom is -0.339 e. The number of aromatic nitrogens is 2. The summed E-state index contributed by atoms with van der Waals surface area (Å²) in [5.41, 5.74) is 0.507. The number of hydrogen-bond acceptors (Lipinski definition) is 4. The maximum Gasteiger partial charge on any atom is 0.229 e. The van der Waals surface area contributed by atoms with Crippen molar-refractivity contribution >= 4 is 34.4 Å². The van der Waals surface area contributed by atoms with Crippen LogP contribution < -0.4 is 4.90 Å². The molecule has 2 aromatic rings. The van der Waals surface area contributed by atoms with Gasteiger partial charge in [-0.1, -0.05) is 6.07 Å². The monoisotopic (exact) mass is 373 g/mol. The Morgan fingerprint density at radius 2 is 1.89 bits per heavy atom.